The van der Waals surface area contributed by atoms with E-state index >= 15 is 0 Å². The molecule has 86 valence electrons. The van der Waals surface area contributed by atoms with Gasteiger partial charge in [0.1, 0.15) is 12.4 Å². The van der Waals surface area contributed by atoms with Gasteiger partial charge in [-0.05, 0) is 10.4 Å². The van der Waals surface area contributed by atoms with Gasteiger partial charge in [0.25, 0.3) is 0 Å². The van der Waals surface area contributed by atoms with E-state index in [9.17, 15) is 8.78 Å². The highest BCUT2D eigenvalue weighted by Crippen LogP contribution is 2.13. The Morgan fingerprint density at radius 3 is 2.88 bits per heavy atom. The minimum absolute atomic E-state index is 0.146. The van der Waals surface area contributed by atoms with Crippen molar-refractivity contribution in [2.24, 2.45) is 0 Å². The van der Waals surface area contributed by atoms with Crippen molar-refractivity contribution in [3.63, 3.8) is 0 Å². The first-order chi connectivity index (χ1) is 7.72. The highest BCUT2D eigenvalue weighted by molar-refractivity contribution is 4.95. The zero-order chi connectivity index (χ0) is 11.5. The van der Waals surface area contributed by atoms with Gasteiger partial charge in [-0.1, -0.05) is 6.92 Å². The van der Waals surface area contributed by atoms with E-state index in [1.54, 1.807) is 0 Å². The third-order valence-electron chi connectivity index (χ3n) is 2.17. The highest BCUT2D eigenvalue weighted by atomic mass is 19.3. The molecule has 2 aromatic heterocycles. The van der Waals surface area contributed by atoms with E-state index in [2.05, 4.69) is 20.5 Å². The standard InChI is InChI=1S/C8H10F2N6/c1-2-6-12-13-14-16(6)5-7-11-3-4-15(7)8(9)10/h3-4,8H,2,5H2,1H3. The first kappa shape index (κ1) is 10.7. The van der Waals surface area contributed by atoms with Crippen molar-refractivity contribution in [1.29, 1.82) is 0 Å². The van der Waals surface area contributed by atoms with Crippen LogP contribution in [0.4, 0.5) is 8.78 Å². The molecular weight excluding hydrogens is 218 g/mol. The minimum atomic E-state index is -2.60. The Labute approximate surface area is 89.9 Å². The van der Waals surface area contributed by atoms with Gasteiger partial charge >= 0.3 is 6.55 Å². The highest BCUT2D eigenvalue weighted by Gasteiger charge is 2.13. The zero-order valence-electron chi connectivity index (χ0n) is 8.59. The number of imidazole rings is 1. The molecule has 0 fully saturated rings. The van der Waals surface area contributed by atoms with E-state index in [0.717, 1.165) is 4.57 Å². The molecule has 0 aromatic carbocycles. The largest absolute Gasteiger partial charge is 0.319 e. The maximum Gasteiger partial charge on any atom is 0.319 e. The second-order valence-corrected chi connectivity index (χ2v) is 3.13. The topological polar surface area (TPSA) is 61.4 Å². The molecule has 16 heavy (non-hydrogen) atoms. The zero-order valence-corrected chi connectivity index (χ0v) is 8.59. The number of tetrazole rings is 1. The second kappa shape index (κ2) is 4.33. The summed E-state index contributed by atoms with van der Waals surface area (Å²) in [6.45, 7) is -0.561. The van der Waals surface area contributed by atoms with Crippen molar-refractivity contribution >= 4 is 0 Å². The maximum atomic E-state index is 12.5. The third-order valence-corrected chi connectivity index (χ3v) is 2.17. The van der Waals surface area contributed by atoms with Crippen LogP contribution < -0.4 is 0 Å². The maximum absolute atomic E-state index is 12.5. The average molecular weight is 228 g/mol. The number of alkyl halides is 2. The molecule has 0 saturated heterocycles. The monoisotopic (exact) mass is 228 g/mol. The van der Waals surface area contributed by atoms with E-state index < -0.39 is 6.55 Å². The molecule has 0 amide bonds. The summed E-state index contributed by atoms with van der Waals surface area (Å²) in [5.41, 5.74) is 0. The van der Waals surface area contributed by atoms with Gasteiger partial charge in [-0.15, -0.1) is 5.10 Å². The molecule has 0 unspecified atom stereocenters. The van der Waals surface area contributed by atoms with E-state index in [-0.39, 0.29) is 12.4 Å². The summed E-state index contributed by atoms with van der Waals surface area (Å²) in [7, 11) is 0. The van der Waals surface area contributed by atoms with Gasteiger partial charge in [0.05, 0.1) is 0 Å². The van der Waals surface area contributed by atoms with E-state index in [1.165, 1.54) is 17.1 Å². The van der Waals surface area contributed by atoms with Crippen molar-refractivity contribution < 1.29 is 8.78 Å². The fourth-order valence-electron chi connectivity index (χ4n) is 1.38. The van der Waals surface area contributed by atoms with Crippen molar-refractivity contribution in [2.75, 3.05) is 0 Å². The van der Waals surface area contributed by atoms with Gasteiger partial charge < -0.3 is 0 Å². The SMILES string of the molecule is CCc1nnnn1Cc1nccn1C(F)F. The molecule has 2 rings (SSSR count). The lowest BCUT2D eigenvalue weighted by molar-refractivity contribution is 0.0665. The summed E-state index contributed by atoms with van der Waals surface area (Å²) in [5, 5.41) is 11.0. The van der Waals surface area contributed by atoms with E-state index in [4.69, 9.17) is 0 Å². The first-order valence-electron chi connectivity index (χ1n) is 4.77. The Hall–Kier alpha value is -1.86. The summed E-state index contributed by atoms with van der Waals surface area (Å²) in [6.07, 6.45) is 3.20. The number of halogens is 2. The lowest BCUT2D eigenvalue weighted by Gasteiger charge is -2.06. The summed E-state index contributed by atoms with van der Waals surface area (Å²) in [5.74, 6) is 0.876. The molecular formula is C8H10F2N6. The van der Waals surface area contributed by atoms with Gasteiger partial charge in [0, 0.05) is 18.8 Å². The smallest absolute Gasteiger partial charge is 0.276 e. The van der Waals surface area contributed by atoms with Crippen LogP contribution >= 0.6 is 0 Å². The van der Waals surface area contributed by atoms with Crippen LogP contribution in [0.3, 0.4) is 0 Å². The summed E-state index contributed by atoms with van der Waals surface area (Å²) in [4.78, 5) is 3.85. The van der Waals surface area contributed by atoms with E-state index in [1.807, 2.05) is 6.92 Å². The number of aryl methyl sites for hydroxylation is 1. The quantitative estimate of drug-likeness (QED) is 0.779. The summed E-state index contributed by atoms with van der Waals surface area (Å²) in [6, 6.07) is 0. The van der Waals surface area contributed by atoms with Crippen LogP contribution in [-0.2, 0) is 13.0 Å². The van der Waals surface area contributed by atoms with Gasteiger partial charge in [-0.3, -0.25) is 4.57 Å². The number of rotatable bonds is 4. The van der Waals surface area contributed by atoms with Crippen molar-refractivity contribution in [2.45, 2.75) is 26.4 Å². The number of hydrogen-bond acceptors (Lipinski definition) is 4. The Bertz CT molecular complexity index is 463. The lowest BCUT2D eigenvalue weighted by atomic mass is 10.4. The molecule has 2 heterocycles. The fraction of sp³-hybridized carbons (Fsp3) is 0.500. The predicted octanol–water partition coefficient (Wildman–Crippen LogP) is 0.875. The molecule has 2 aromatic rings. The second-order valence-electron chi connectivity index (χ2n) is 3.13. The van der Waals surface area contributed by atoms with Crippen molar-refractivity contribution in [3.8, 4) is 0 Å². The fourth-order valence-corrected chi connectivity index (χ4v) is 1.38. The van der Waals surface area contributed by atoms with Crippen LogP contribution in [0.1, 0.15) is 25.1 Å². The molecule has 0 aliphatic rings. The van der Waals surface area contributed by atoms with Crippen LogP contribution in [0.25, 0.3) is 0 Å². The molecule has 6 nitrogen and oxygen atoms in total. The Balaban J connectivity index is 2.23. The van der Waals surface area contributed by atoms with Gasteiger partial charge in [-0.25, -0.2) is 9.67 Å². The summed E-state index contributed by atoms with van der Waals surface area (Å²) >= 11 is 0. The van der Waals surface area contributed by atoms with Crippen molar-refractivity contribution in [1.82, 2.24) is 29.8 Å². The van der Waals surface area contributed by atoms with Gasteiger partial charge in [0.15, 0.2) is 5.82 Å². The molecule has 0 N–H and O–H groups in total. The molecule has 0 bridgehead atoms. The van der Waals surface area contributed by atoms with Crippen LogP contribution in [0.15, 0.2) is 12.4 Å². The number of hydrogen-bond donors (Lipinski definition) is 0. The normalized spacial score (nSPS) is 11.2. The average Bonchev–Trinajstić information content (AvgIpc) is 2.86. The van der Waals surface area contributed by atoms with E-state index in [0.29, 0.717) is 12.2 Å². The van der Waals surface area contributed by atoms with Crippen LogP contribution in [-0.4, -0.2) is 29.8 Å². The molecule has 8 heteroatoms. The first-order valence-corrected chi connectivity index (χ1v) is 4.77. The molecule has 0 aliphatic carbocycles. The van der Waals surface area contributed by atoms with Gasteiger partial charge in [0.2, 0.25) is 0 Å². The molecule has 0 atom stereocenters. The molecule has 0 radical (unpaired) electrons. The van der Waals surface area contributed by atoms with Crippen LogP contribution in [0, 0.1) is 0 Å². The van der Waals surface area contributed by atoms with Crippen molar-refractivity contribution in [3.05, 3.63) is 24.0 Å². The Kier molecular flexibility index (Phi) is 2.88. The predicted molar refractivity (Wildman–Crippen MR) is 49.8 cm³/mol. The Morgan fingerprint density at radius 2 is 2.19 bits per heavy atom. The molecule has 0 aliphatic heterocycles. The summed E-state index contributed by atoms with van der Waals surface area (Å²) < 4.78 is 27.3. The number of aromatic nitrogens is 6. The minimum Gasteiger partial charge on any atom is -0.276 e. The third kappa shape index (κ3) is 1.90. The lowest BCUT2D eigenvalue weighted by Crippen LogP contribution is -2.12. The molecule has 0 saturated carbocycles. The Morgan fingerprint density at radius 1 is 1.38 bits per heavy atom. The van der Waals surface area contributed by atoms with Crippen LogP contribution in [0.5, 0.6) is 0 Å². The number of nitrogens with zero attached hydrogens (tertiary/aromatic N) is 6. The van der Waals surface area contributed by atoms with Crippen LogP contribution in [0.2, 0.25) is 0 Å². The molecule has 0 spiro atoms. The van der Waals surface area contributed by atoms with Gasteiger partial charge in [-0.2, -0.15) is 8.78 Å².